The third-order valence-corrected chi connectivity index (χ3v) is 7.72. The quantitative estimate of drug-likeness (QED) is 0.248. The Hall–Kier alpha value is -5.48. The number of amidine groups is 2. The van der Waals surface area contributed by atoms with Gasteiger partial charge in [0.25, 0.3) is 0 Å². The molecule has 1 aliphatic heterocycles. The fourth-order valence-corrected chi connectivity index (χ4v) is 5.74. The predicted molar refractivity (Wildman–Crippen MR) is 168 cm³/mol. The summed E-state index contributed by atoms with van der Waals surface area (Å²) in [4.78, 5) is 10.1. The van der Waals surface area contributed by atoms with Gasteiger partial charge in [-0.25, -0.2) is 9.98 Å². The molecule has 1 aliphatic rings. The molecule has 194 valence electrons. The molecule has 2 heterocycles. The molecule has 1 aromatic heterocycles. The molecule has 0 aliphatic carbocycles. The molecule has 41 heavy (non-hydrogen) atoms. The van der Waals surface area contributed by atoms with Crippen molar-refractivity contribution in [1.29, 1.82) is 0 Å². The highest BCUT2D eigenvalue weighted by molar-refractivity contribution is 6.19. The van der Waals surface area contributed by atoms with Crippen LogP contribution in [-0.2, 0) is 0 Å². The number of nitrogens with zero attached hydrogens (tertiary/aromatic N) is 2. The topological polar surface area (TPSA) is 49.9 Å². The second kappa shape index (κ2) is 9.61. The van der Waals surface area contributed by atoms with E-state index in [9.17, 15) is 0 Å². The van der Waals surface area contributed by atoms with Crippen molar-refractivity contribution in [3.05, 3.63) is 156 Å². The highest BCUT2D eigenvalue weighted by Crippen LogP contribution is 2.39. The van der Waals surface area contributed by atoms with Crippen molar-refractivity contribution in [2.45, 2.75) is 6.17 Å². The van der Waals surface area contributed by atoms with Gasteiger partial charge in [-0.1, -0.05) is 121 Å². The van der Waals surface area contributed by atoms with E-state index in [0.717, 1.165) is 72.2 Å². The van der Waals surface area contributed by atoms with Crippen molar-refractivity contribution in [2.75, 3.05) is 0 Å². The number of hydrogen-bond donors (Lipinski definition) is 1. The first kappa shape index (κ1) is 23.4. The van der Waals surface area contributed by atoms with Gasteiger partial charge in [-0.05, 0) is 40.3 Å². The van der Waals surface area contributed by atoms with E-state index in [0.29, 0.717) is 0 Å². The van der Waals surface area contributed by atoms with E-state index in [1.807, 2.05) is 48.5 Å². The third kappa shape index (κ3) is 4.09. The monoisotopic (exact) mass is 527 g/mol. The van der Waals surface area contributed by atoms with Crippen molar-refractivity contribution < 1.29 is 4.42 Å². The van der Waals surface area contributed by atoms with E-state index in [1.165, 1.54) is 0 Å². The van der Waals surface area contributed by atoms with E-state index in [4.69, 9.17) is 14.4 Å². The van der Waals surface area contributed by atoms with Crippen molar-refractivity contribution in [3.63, 3.8) is 0 Å². The van der Waals surface area contributed by atoms with Gasteiger partial charge < -0.3 is 9.73 Å². The summed E-state index contributed by atoms with van der Waals surface area (Å²) in [7, 11) is 0. The smallest absolute Gasteiger partial charge is 0.169 e. The first-order valence-electron chi connectivity index (χ1n) is 13.8. The zero-order valence-electron chi connectivity index (χ0n) is 22.2. The second-order valence-electron chi connectivity index (χ2n) is 10.3. The van der Waals surface area contributed by atoms with Crippen LogP contribution in [0, 0.1) is 0 Å². The van der Waals surface area contributed by atoms with Crippen LogP contribution in [0.15, 0.2) is 154 Å². The average molecular weight is 528 g/mol. The van der Waals surface area contributed by atoms with Crippen molar-refractivity contribution in [2.24, 2.45) is 9.98 Å². The van der Waals surface area contributed by atoms with E-state index in [-0.39, 0.29) is 6.17 Å². The maximum atomic E-state index is 6.45. The normalized spacial score (nSPS) is 15.1. The standard InChI is InChI=1S/C37H25N3O/c1-3-11-25(12-4-1)35-38-36(26-13-5-2-6-14-26)40-37(39-35)28-17-9-16-27(23-28)29-19-10-15-24-21-22-31-30-18-7-8-20-32(30)41-34(31)33(24)29/h1-23,35H,(H,38,39,40). The minimum atomic E-state index is -0.334. The van der Waals surface area contributed by atoms with Gasteiger partial charge in [-0.3, -0.25) is 0 Å². The molecule has 0 fully saturated rings. The second-order valence-corrected chi connectivity index (χ2v) is 10.3. The molecule has 6 aromatic carbocycles. The Bertz CT molecular complexity index is 2120. The van der Waals surface area contributed by atoms with Crippen molar-refractivity contribution >= 4 is 44.4 Å². The Kier molecular flexibility index (Phi) is 5.49. The molecule has 0 radical (unpaired) electrons. The number of nitrogens with one attached hydrogen (secondary N) is 1. The molecule has 1 unspecified atom stereocenters. The number of aliphatic imine (C=N–C) groups is 2. The number of benzene rings is 6. The van der Waals surface area contributed by atoms with Crippen LogP contribution in [0.3, 0.4) is 0 Å². The summed E-state index contributed by atoms with van der Waals surface area (Å²) in [5, 5.41) is 8.06. The van der Waals surface area contributed by atoms with Gasteiger partial charge >= 0.3 is 0 Å². The number of fused-ring (bicyclic) bond motifs is 5. The van der Waals surface area contributed by atoms with Crippen LogP contribution in [-0.4, -0.2) is 11.7 Å². The average Bonchev–Trinajstić information content (AvgIpc) is 3.44. The molecule has 8 rings (SSSR count). The SMILES string of the molecule is c1ccc(C2=NC(c3ccccc3)N=C(c3cccc(-c4cccc5ccc6c7ccccc7oc6c45)c3)N2)cc1. The summed E-state index contributed by atoms with van der Waals surface area (Å²) in [5.41, 5.74) is 7.13. The summed E-state index contributed by atoms with van der Waals surface area (Å²) in [6.45, 7) is 0. The molecule has 7 aromatic rings. The fourth-order valence-electron chi connectivity index (χ4n) is 5.74. The van der Waals surface area contributed by atoms with Crippen LogP contribution in [0.5, 0.6) is 0 Å². The molecule has 0 amide bonds. The summed E-state index contributed by atoms with van der Waals surface area (Å²) >= 11 is 0. The third-order valence-electron chi connectivity index (χ3n) is 7.72. The molecule has 1 atom stereocenters. The Morgan fingerprint density at radius 3 is 2.07 bits per heavy atom. The summed E-state index contributed by atoms with van der Waals surface area (Å²) in [6.07, 6.45) is -0.334. The summed E-state index contributed by atoms with van der Waals surface area (Å²) in [6, 6.07) is 48.0. The number of hydrogen-bond acceptors (Lipinski definition) is 4. The van der Waals surface area contributed by atoms with E-state index in [1.54, 1.807) is 0 Å². The molecule has 0 spiro atoms. The van der Waals surface area contributed by atoms with Gasteiger partial charge in [0.15, 0.2) is 6.17 Å². The van der Waals surface area contributed by atoms with Crippen molar-refractivity contribution in [1.82, 2.24) is 5.32 Å². The highest BCUT2D eigenvalue weighted by atomic mass is 16.3. The lowest BCUT2D eigenvalue weighted by Gasteiger charge is -2.22. The van der Waals surface area contributed by atoms with Gasteiger partial charge in [-0.15, -0.1) is 0 Å². The molecule has 0 bridgehead atoms. The Morgan fingerprint density at radius 2 is 1.22 bits per heavy atom. The van der Waals surface area contributed by atoms with Crippen LogP contribution < -0.4 is 5.32 Å². The lowest BCUT2D eigenvalue weighted by molar-refractivity contribution is 0.673. The van der Waals surface area contributed by atoms with Crippen LogP contribution in [0.4, 0.5) is 0 Å². The minimum Gasteiger partial charge on any atom is -0.455 e. The zero-order chi connectivity index (χ0) is 27.2. The first-order valence-corrected chi connectivity index (χ1v) is 13.8. The van der Waals surface area contributed by atoms with E-state index >= 15 is 0 Å². The van der Waals surface area contributed by atoms with Crippen LogP contribution in [0.2, 0.25) is 0 Å². The Morgan fingerprint density at radius 1 is 0.537 bits per heavy atom. The lowest BCUT2D eigenvalue weighted by Crippen LogP contribution is -2.36. The van der Waals surface area contributed by atoms with Gasteiger partial charge in [-0.2, -0.15) is 0 Å². The maximum absolute atomic E-state index is 6.45. The number of para-hydroxylation sites is 1. The minimum absolute atomic E-state index is 0.334. The van der Waals surface area contributed by atoms with Crippen LogP contribution in [0.25, 0.3) is 43.8 Å². The van der Waals surface area contributed by atoms with E-state index in [2.05, 4.69) is 96.3 Å². The fraction of sp³-hybridized carbons (Fsp3) is 0.0270. The van der Waals surface area contributed by atoms with Crippen LogP contribution in [0.1, 0.15) is 22.9 Å². The molecule has 0 saturated carbocycles. The number of furan rings is 1. The van der Waals surface area contributed by atoms with Gasteiger partial charge in [0.2, 0.25) is 0 Å². The van der Waals surface area contributed by atoms with E-state index < -0.39 is 0 Å². The summed E-state index contributed by atoms with van der Waals surface area (Å²) in [5.74, 6) is 1.60. The molecule has 1 N–H and O–H groups in total. The van der Waals surface area contributed by atoms with Crippen LogP contribution >= 0.6 is 0 Å². The molecule has 0 saturated heterocycles. The largest absolute Gasteiger partial charge is 0.455 e. The molecule has 4 heteroatoms. The zero-order valence-corrected chi connectivity index (χ0v) is 22.2. The predicted octanol–water partition coefficient (Wildman–Crippen LogP) is 8.90. The number of rotatable bonds is 4. The molecular formula is C37H25N3O. The first-order chi connectivity index (χ1) is 20.3. The Balaban J connectivity index is 1.27. The summed E-state index contributed by atoms with van der Waals surface area (Å²) < 4.78 is 6.45. The lowest BCUT2D eigenvalue weighted by atomic mass is 9.95. The maximum Gasteiger partial charge on any atom is 0.169 e. The van der Waals surface area contributed by atoms with Gasteiger partial charge in [0.1, 0.15) is 22.8 Å². The van der Waals surface area contributed by atoms with Crippen molar-refractivity contribution in [3.8, 4) is 11.1 Å². The molecule has 4 nitrogen and oxygen atoms in total. The van der Waals surface area contributed by atoms with Gasteiger partial charge in [0.05, 0.1) is 0 Å². The van der Waals surface area contributed by atoms with Gasteiger partial charge in [0, 0.05) is 27.3 Å². The molecular weight excluding hydrogens is 502 g/mol. The Labute approximate surface area is 237 Å². The highest BCUT2D eigenvalue weighted by Gasteiger charge is 2.21.